The van der Waals surface area contributed by atoms with Crippen LogP contribution < -0.4 is 0 Å². The summed E-state index contributed by atoms with van der Waals surface area (Å²) in [5.41, 5.74) is 1.15. The number of allylic oxidation sites excluding steroid dienone is 2. The second-order valence-corrected chi connectivity index (χ2v) is 3.77. The van der Waals surface area contributed by atoms with E-state index in [0.29, 0.717) is 0 Å². The van der Waals surface area contributed by atoms with Crippen LogP contribution in [-0.4, -0.2) is 17.5 Å². The summed E-state index contributed by atoms with van der Waals surface area (Å²) < 4.78 is 0. The molecule has 0 saturated carbocycles. The van der Waals surface area contributed by atoms with Crippen LogP contribution in [0.5, 0.6) is 0 Å². The van der Waals surface area contributed by atoms with Gasteiger partial charge in [-0.2, -0.15) is 0 Å². The van der Waals surface area contributed by atoms with E-state index in [9.17, 15) is 9.90 Å². The van der Waals surface area contributed by atoms with E-state index in [1.54, 1.807) is 6.08 Å². The third-order valence-electron chi connectivity index (χ3n) is 2.31. The molecule has 1 aliphatic carbocycles. The van der Waals surface area contributed by atoms with Gasteiger partial charge < -0.3 is 9.90 Å². The van der Waals surface area contributed by atoms with Gasteiger partial charge >= 0.3 is 0 Å². The fourth-order valence-electron chi connectivity index (χ4n) is 1.45. The lowest BCUT2D eigenvalue weighted by molar-refractivity contribution is -0.110. The van der Waals surface area contributed by atoms with Crippen molar-refractivity contribution < 1.29 is 9.90 Å². The third kappa shape index (κ3) is 2.81. The zero-order valence-corrected chi connectivity index (χ0v) is 8.10. The Morgan fingerprint density at radius 1 is 1.69 bits per heavy atom. The molecule has 1 N–H and O–H groups in total. The predicted octanol–water partition coefficient (Wildman–Crippen LogP) is 1.70. The third-order valence-corrected chi connectivity index (χ3v) is 2.31. The summed E-state index contributed by atoms with van der Waals surface area (Å²) >= 11 is 0. The number of rotatable bonds is 3. The maximum atomic E-state index is 10.4. The molecule has 2 unspecified atom stereocenters. The van der Waals surface area contributed by atoms with Crippen LogP contribution in [0.1, 0.15) is 20.3 Å². The first-order valence-electron chi connectivity index (χ1n) is 4.65. The minimum atomic E-state index is -0.365. The zero-order valence-electron chi connectivity index (χ0n) is 8.10. The van der Waals surface area contributed by atoms with E-state index in [-0.39, 0.29) is 17.9 Å². The van der Waals surface area contributed by atoms with Gasteiger partial charge in [0.1, 0.15) is 6.29 Å². The van der Waals surface area contributed by atoms with E-state index in [4.69, 9.17) is 0 Å². The number of hydrogen-bond donors (Lipinski definition) is 1. The van der Waals surface area contributed by atoms with Gasteiger partial charge in [0, 0.05) is 11.8 Å². The first-order chi connectivity index (χ1) is 6.13. The van der Waals surface area contributed by atoms with Crippen LogP contribution in [0.25, 0.3) is 0 Å². The number of hydrogen-bond acceptors (Lipinski definition) is 2. The molecule has 0 saturated heterocycles. The number of aldehydes is 1. The molecule has 0 bridgehead atoms. The number of carbonyl (C=O) groups is 1. The van der Waals surface area contributed by atoms with Crippen molar-refractivity contribution in [1.82, 2.24) is 0 Å². The van der Waals surface area contributed by atoms with Gasteiger partial charge in [0.15, 0.2) is 0 Å². The smallest absolute Gasteiger partial charge is 0.123 e. The molecule has 3 atom stereocenters. The van der Waals surface area contributed by atoms with Crippen LogP contribution in [0.2, 0.25) is 0 Å². The molecule has 1 aliphatic rings. The molecule has 0 amide bonds. The molecule has 0 aromatic carbocycles. The summed E-state index contributed by atoms with van der Waals surface area (Å²) in [4.78, 5) is 10.4. The molecular weight excluding hydrogens is 164 g/mol. The number of aliphatic hydroxyl groups is 1. The Morgan fingerprint density at radius 3 is 2.92 bits per heavy atom. The molecule has 0 spiro atoms. The summed E-state index contributed by atoms with van der Waals surface area (Å²) in [6.45, 7) is 3.87. The standard InChI is InChI=1S/C11H16O2/c1-8(7-12)5-10-3-4-11(13)9(2)6-10/h3-4,6-9,11,13H,5H2,1-2H3/t8?,9-,11?/m1/s1. The molecule has 1 rings (SSSR count). The van der Waals surface area contributed by atoms with Crippen LogP contribution in [0.3, 0.4) is 0 Å². The topological polar surface area (TPSA) is 37.3 Å². The first kappa shape index (κ1) is 10.2. The molecule has 0 aliphatic heterocycles. The molecule has 72 valence electrons. The molecule has 0 aromatic rings. The van der Waals surface area contributed by atoms with Crippen molar-refractivity contribution in [1.29, 1.82) is 0 Å². The highest BCUT2D eigenvalue weighted by atomic mass is 16.3. The average molecular weight is 180 g/mol. The van der Waals surface area contributed by atoms with Crippen LogP contribution in [0.15, 0.2) is 23.8 Å². The van der Waals surface area contributed by atoms with Gasteiger partial charge in [0.05, 0.1) is 6.10 Å². The summed E-state index contributed by atoms with van der Waals surface area (Å²) in [5.74, 6) is 0.234. The summed E-state index contributed by atoms with van der Waals surface area (Å²) in [7, 11) is 0. The minimum Gasteiger partial charge on any atom is -0.388 e. The molecular formula is C11H16O2. The van der Waals surface area contributed by atoms with E-state index in [1.807, 2.05) is 26.0 Å². The van der Waals surface area contributed by atoms with Gasteiger partial charge in [0.2, 0.25) is 0 Å². The SMILES string of the molecule is CC(C=O)CC1=C[C@@H](C)C(O)C=C1. The zero-order chi connectivity index (χ0) is 9.84. The van der Waals surface area contributed by atoms with Crippen molar-refractivity contribution >= 4 is 6.29 Å². The maximum Gasteiger partial charge on any atom is 0.123 e. The fourth-order valence-corrected chi connectivity index (χ4v) is 1.45. The van der Waals surface area contributed by atoms with Gasteiger partial charge in [-0.15, -0.1) is 0 Å². The largest absolute Gasteiger partial charge is 0.388 e. The molecule has 13 heavy (non-hydrogen) atoms. The molecule has 0 heterocycles. The first-order valence-corrected chi connectivity index (χ1v) is 4.65. The van der Waals surface area contributed by atoms with E-state index in [1.165, 1.54) is 0 Å². The van der Waals surface area contributed by atoms with Crippen molar-refractivity contribution in [2.45, 2.75) is 26.4 Å². The second kappa shape index (κ2) is 4.38. The van der Waals surface area contributed by atoms with Crippen molar-refractivity contribution in [2.24, 2.45) is 11.8 Å². The Hall–Kier alpha value is -0.890. The quantitative estimate of drug-likeness (QED) is 0.671. The second-order valence-electron chi connectivity index (χ2n) is 3.77. The van der Waals surface area contributed by atoms with E-state index < -0.39 is 0 Å². The van der Waals surface area contributed by atoms with Crippen molar-refractivity contribution in [2.75, 3.05) is 0 Å². The fraction of sp³-hybridized carbons (Fsp3) is 0.545. The summed E-state index contributed by atoms with van der Waals surface area (Å²) in [6, 6.07) is 0. The predicted molar refractivity (Wildman–Crippen MR) is 52.2 cm³/mol. The Morgan fingerprint density at radius 2 is 2.38 bits per heavy atom. The Labute approximate surface area is 79.0 Å². The number of aliphatic hydroxyl groups excluding tert-OH is 1. The number of carbonyl (C=O) groups excluding carboxylic acids is 1. The molecule has 0 aromatic heterocycles. The average Bonchev–Trinajstić information content (AvgIpc) is 2.11. The highest BCUT2D eigenvalue weighted by Gasteiger charge is 2.14. The lowest BCUT2D eigenvalue weighted by atomic mass is 9.91. The van der Waals surface area contributed by atoms with Gasteiger partial charge in [-0.25, -0.2) is 0 Å². The van der Waals surface area contributed by atoms with E-state index in [2.05, 4.69) is 0 Å². The Bertz CT molecular complexity index is 240. The Kier molecular flexibility index (Phi) is 3.43. The van der Waals surface area contributed by atoms with Crippen LogP contribution in [0, 0.1) is 11.8 Å². The molecule has 2 heteroatoms. The van der Waals surface area contributed by atoms with Crippen molar-refractivity contribution in [3.63, 3.8) is 0 Å². The molecule has 0 fully saturated rings. The van der Waals surface area contributed by atoms with Gasteiger partial charge in [-0.05, 0) is 6.42 Å². The summed E-state index contributed by atoms with van der Waals surface area (Å²) in [5, 5.41) is 9.39. The maximum absolute atomic E-state index is 10.4. The minimum absolute atomic E-state index is 0.0679. The highest BCUT2D eigenvalue weighted by Crippen LogP contribution is 2.21. The molecule has 0 radical (unpaired) electrons. The van der Waals surface area contributed by atoms with Gasteiger partial charge in [-0.1, -0.05) is 37.6 Å². The van der Waals surface area contributed by atoms with E-state index >= 15 is 0 Å². The molecule has 2 nitrogen and oxygen atoms in total. The highest BCUT2D eigenvalue weighted by molar-refractivity contribution is 5.54. The normalized spacial score (nSPS) is 29.6. The van der Waals surface area contributed by atoms with Crippen molar-refractivity contribution in [3.05, 3.63) is 23.8 Å². The van der Waals surface area contributed by atoms with E-state index in [0.717, 1.165) is 18.3 Å². The van der Waals surface area contributed by atoms with Gasteiger partial charge in [0.25, 0.3) is 0 Å². The van der Waals surface area contributed by atoms with Gasteiger partial charge in [-0.3, -0.25) is 0 Å². The lowest BCUT2D eigenvalue weighted by Crippen LogP contribution is -2.16. The van der Waals surface area contributed by atoms with Crippen molar-refractivity contribution in [3.8, 4) is 0 Å². The van der Waals surface area contributed by atoms with Crippen LogP contribution in [0.4, 0.5) is 0 Å². The lowest BCUT2D eigenvalue weighted by Gasteiger charge is -2.18. The summed E-state index contributed by atoms with van der Waals surface area (Å²) in [6.07, 6.45) is 7.10. The van der Waals surface area contributed by atoms with Crippen LogP contribution >= 0.6 is 0 Å². The van der Waals surface area contributed by atoms with Crippen LogP contribution in [-0.2, 0) is 4.79 Å². The monoisotopic (exact) mass is 180 g/mol. The Balaban J connectivity index is 2.57.